The van der Waals surface area contributed by atoms with Gasteiger partial charge >= 0.3 is 0 Å². The fourth-order valence-electron chi connectivity index (χ4n) is 2.28. The monoisotopic (exact) mass is 227 g/mol. The molecule has 61 valence electrons. The smallest absolute Gasteiger partial charge is 0 e. The van der Waals surface area contributed by atoms with Gasteiger partial charge in [0.1, 0.15) is 0 Å². The summed E-state index contributed by atoms with van der Waals surface area (Å²) in [5, 5.41) is 3.66. The summed E-state index contributed by atoms with van der Waals surface area (Å²) >= 11 is 0. The standard InChI is InChI=1S/C9H16N.Y/c1-2-6-9(5-1)7-3-4-8-10-9;/h1,10H,2-8H2;/q-1;. The second-order valence-electron chi connectivity index (χ2n) is 3.70. The van der Waals surface area contributed by atoms with Crippen molar-refractivity contribution >= 4 is 0 Å². The van der Waals surface area contributed by atoms with Gasteiger partial charge in [-0.05, 0) is 24.9 Å². The average molecular weight is 227 g/mol. The molecule has 1 nitrogen and oxygen atoms in total. The summed E-state index contributed by atoms with van der Waals surface area (Å²) in [7, 11) is 0. The van der Waals surface area contributed by atoms with E-state index in [0.717, 1.165) is 0 Å². The molecule has 1 aliphatic heterocycles. The Morgan fingerprint density at radius 2 is 2.09 bits per heavy atom. The second kappa shape index (κ2) is 4.34. The van der Waals surface area contributed by atoms with Crippen LogP contribution in [0, 0.1) is 6.42 Å². The topological polar surface area (TPSA) is 12.0 Å². The van der Waals surface area contributed by atoms with Gasteiger partial charge in [0.05, 0.1) is 0 Å². The molecule has 0 aromatic carbocycles. The first-order valence-corrected chi connectivity index (χ1v) is 4.48. The zero-order valence-electron chi connectivity index (χ0n) is 7.10. The number of piperidine rings is 1. The molecule has 1 unspecified atom stereocenters. The Balaban J connectivity index is 0.000000605. The Kier molecular flexibility index (Phi) is 4.01. The number of rotatable bonds is 0. The van der Waals surface area contributed by atoms with Gasteiger partial charge in [0.15, 0.2) is 0 Å². The van der Waals surface area contributed by atoms with E-state index in [1.165, 1.54) is 45.1 Å². The Morgan fingerprint density at radius 1 is 1.18 bits per heavy atom. The molecule has 1 saturated heterocycles. The van der Waals surface area contributed by atoms with Crippen LogP contribution in [0.5, 0.6) is 0 Å². The zero-order chi connectivity index (χ0) is 6.86. The predicted octanol–water partition coefficient (Wildman–Crippen LogP) is 1.88. The van der Waals surface area contributed by atoms with Gasteiger partial charge in [0.25, 0.3) is 0 Å². The largest absolute Gasteiger partial charge is 0.327 e. The van der Waals surface area contributed by atoms with E-state index in [9.17, 15) is 0 Å². The van der Waals surface area contributed by atoms with Crippen LogP contribution < -0.4 is 5.32 Å². The van der Waals surface area contributed by atoms with Crippen LogP contribution in [0.15, 0.2) is 0 Å². The fourth-order valence-corrected chi connectivity index (χ4v) is 2.28. The molecule has 2 aliphatic rings. The van der Waals surface area contributed by atoms with Crippen LogP contribution in [0.4, 0.5) is 0 Å². The number of nitrogens with one attached hydrogen (secondary N) is 1. The predicted molar refractivity (Wildman–Crippen MR) is 42.7 cm³/mol. The normalized spacial score (nSPS) is 37.1. The van der Waals surface area contributed by atoms with E-state index in [2.05, 4.69) is 11.7 Å². The van der Waals surface area contributed by atoms with Gasteiger partial charge in [-0.3, -0.25) is 0 Å². The van der Waals surface area contributed by atoms with Crippen molar-refractivity contribution in [2.24, 2.45) is 0 Å². The van der Waals surface area contributed by atoms with E-state index < -0.39 is 0 Å². The summed E-state index contributed by atoms with van der Waals surface area (Å²) in [6.07, 6.45) is 10.8. The van der Waals surface area contributed by atoms with E-state index in [1.54, 1.807) is 0 Å². The molecular formula is C9H16NY-. The molecule has 1 radical (unpaired) electrons. The van der Waals surface area contributed by atoms with Crippen LogP contribution in [-0.2, 0) is 32.7 Å². The minimum absolute atomic E-state index is 0. The van der Waals surface area contributed by atoms with Gasteiger partial charge in [0, 0.05) is 32.7 Å². The molecule has 1 saturated carbocycles. The molecule has 1 N–H and O–H groups in total. The first-order chi connectivity index (χ1) is 4.91. The van der Waals surface area contributed by atoms with Crippen LogP contribution in [0.3, 0.4) is 0 Å². The fraction of sp³-hybridized carbons (Fsp3) is 0.889. The van der Waals surface area contributed by atoms with Crippen LogP contribution in [0.2, 0.25) is 0 Å². The quantitative estimate of drug-likeness (QED) is 0.623. The summed E-state index contributed by atoms with van der Waals surface area (Å²) < 4.78 is 0. The zero-order valence-corrected chi connectivity index (χ0v) is 9.94. The van der Waals surface area contributed by atoms with Crippen molar-refractivity contribution in [1.29, 1.82) is 0 Å². The van der Waals surface area contributed by atoms with Gasteiger partial charge in [-0.25, -0.2) is 0 Å². The van der Waals surface area contributed by atoms with Gasteiger partial charge in [-0.2, -0.15) is 12.8 Å². The molecule has 1 heterocycles. The molecule has 1 aliphatic carbocycles. The summed E-state index contributed by atoms with van der Waals surface area (Å²) in [5.41, 5.74) is 0.568. The maximum atomic E-state index is 3.66. The van der Waals surface area contributed by atoms with E-state index in [1.807, 2.05) is 0 Å². The van der Waals surface area contributed by atoms with E-state index in [-0.39, 0.29) is 32.7 Å². The van der Waals surface area contributed by atoms with Crippen LogP contribution in [0.25, 0.3) is 0 Å². The van der Waals surface area contributed by atoms with Crippen molar-refractivity contribution in [2.75, 3.05) is 6.54 Å². The Morgan fingerprint density at radius 3 is 2.64 bits per heavy atom. The average Bonchev–Trinajstić information content (AvgIpc) is 2.39. The Hall–Kier alpha value is 1.06. The second-order valence-corrected chi connectivity index (χ2v) is 3.70. The molecule has 0 amide bonds. The van der Waals surface area contributed by atoms with Crippen molar-refractivity contribution in [2.45, 2.75) is 44.1 Å². The van der Waals surface area contributed by atoms with Crippen molar-refractivity contribution in [3.63, 3.8) is 0 Å². The molecule has 0 aromatic rings. The van der Waals surface area contributed by atoms with E-state index in [0.29, 0.717) is 5.54 Å². The minimum Gasteiger partial charge on any atom is -0.327 e. The SMILES string of the molecule is [CH-]1CCC2(C1)CCCCN2.[Y]. The molecule has 11 heavy (non-hydrogen) atoms. The molecule has 2 heteroatoms. The van der Waals surface area contributed by atoms with E-state index in [4.69, 9.17) is 0 Å². The summed E-state index contributed by atoms with van der Waals surface area (Å²) in [6.45, 7) is 1.26. The van der Waals surface area contributed by atoms with Crippen molar-refractivity contribution in [3.8, 4) is 0 Å². The summed E-state index contributed by atoms with van der Waals surface area (Å²) in [4.78, 5) is 0. The maximum Gasteiger partial charge on any atom is 0 e. The van der Waals surface area contributed by atoms with Crippen LogP contribution >= 0.6 is 0 Å². The molecule has 1 spiro atoms. The summed E-state index contributed by atoms with van der Waals surface area (Å²) in [5.74, 6) is 0. The van der Waals surface area contributed by atoms with Gasteiger partial charge in [0.2, 0.25) is 0 Å². The molecule has 2 rings (SSSR count). The first-order valence-electron chi connectivity index (χ1n) is 4.48. The van der Waals surface area contributed by atoms with Crippen molar-refractivity contribution in [3.05, 3.63) is 6.42 Å². The molecule has 0 aromatic heterocycles. The number of hydrogen-bond donors (Lipinski definition) is 1. The van der Waals surface area contributed by atoms with E-state index >= 15 is 0 Å². The summed E-state index contributed by atoms with van der Waals surface area (Å²) in [6, 6.07) is 0. The first kappa shape index (κ1) is 10.1. The Labute approximate surface area is 94.6 Å². The Bertz CT molecular complexity index is 111. The third kappa shape index (κ3) is 2.26. The van der Waals surface area contributed by atoms with Crippen molar-refractivity contribution in [1.82, 2.24) is 5.32 Å². The van der Waals surface area contributed by atoms with Gasteiger partial charge in [-0.1, -0.05) is 12.8 Å². The van der Waals surface area contributed by atoms with Gasteiger partial charge in [-0.15, -0.1) is 0 Å². The molecule has 1 atom stereocenters. The molecule has 2 fully saturated rings. The molecular weight excluding hydrogens is 211 g/mol. The number of hydrogen-bond acceptors (Lipinski definition) is 1. The maximum absolute atomic E-state index is 3.66. The van der Waals surface area contributed by atoms with Crippen LogP contribution in [0.1, 0.15) is 38.5 Å². The third-order valence-electron chi connectivity index (χ3n) is 2.94. The van der Waals surface area contributed by atoms with Gasteiger partial charge < -0.3 is 11.7 Å². The minimum atomic E-state index is 0. The van der Waals surface area contributed by atoms with Crippen molar-refractivity contribution < 1.29 is 32.7 Å². The molecule has 0 bridgehead atoms. The van der Waals surface area contributed by atoms with Crippen LogP contribution in [-0.4, -0.2) is 12.1 Å². The third-order valence-corrected chi connectivity index (χ3v) is 2.94.